The second kappa shape index (κ2) is 5.83. The summed E-state index contributed by atoms with van der Waals surface area (Å²) in [7, 11) is 0. The molecule has 0 fully saturated rings. The van der Waals surface area contributed by atoms with E-state index in [-0.39, 0.29) is 0 Å². The van der Waals surface area contributed by atoms with Gasteiger partial charge in [0.15, 0.2) is 0 Å². The van der Waals surface area contributed by atoms with Crippen LogP contribution in [0, 0.1) is 6.92 Å². The molecule has 0 saturated carbocycles. The molecule has 2 aromatic rings. The van der Waals surface area contributed by atoms with E-state index in [2.05, 4.69) is 0 Å². The molecule has 0 amide bonds. The Hall–Kier alpha value is -1.22. The fourth-order valence-electron chi connectivity index (χ4n) is 1.56. The van der Waals surface area contributed by atoms with Gasteiger partial charge in [-0.1, -0.05) is 34.8 Å². The fourth-order valence-corrected chi connectivity index (χ4v) is 2.14. The van der Waals surface area contributed by atoms with E-state index >= 15 is 0 Å². The molecular formula is C14H9Cl3O2. The van der Waals surface area contributed by atoms with Crippen molar-refractivity contribution in [2.75, 3.05) is 0 Å². The summed E-state index contributed by atoms with van der Waals surface area (Å²) >= 11 is 17.8. The lowest BCUT2D eigenvalue weighted by molar-refractivity contribution is 0.112. The maximum atomic E-state index is 10.7. The second-order valence-electron chi connectivity index (χ2n) is 3.94. The molecule has 0 unspecified atom stereocenters. The molecule has 0 atom stereocenters. The van der Waals surface area contributed by atoms with Gasteiger partial charge in [-0.2, -0.15) is 0 Å². The van der Waals surface area contributed by atoms with Gasteiger partial charge in [-0.3, -0.25) is 4.79 Å². The molecule has 2 aromatic carbocycles. The molecule has 0 aliphatic heterocycles. The van der Waals surface area contributed by atoms with Gasteiger partial charge in [-0.15, -0.1) is 0 Å². The number of aryl methyl sites for hydroxylation is 1. The molecule has 0 N–H and O–H groups in total. The van der Waals surface area contributed by atoms with Crippen molar-refractivity contribution in [3.63, 3.8) is 0 Å². The number of carbonyl (C=O) groups excluding carboxylic acids is 1. The summed E-state index contributed by atoms with van der Waals surface area (Å²) in [5.74, 6) is 1.02. The number of ether oxygens (including phenoxy) is 1. The van der Waals surface area contributed by atoms with Gasteiger partial charge in [-0.25, -0.2) is 0 Å². The molecule has 0 saturated heterocycles. The topological polar surface area (TPSA) is 26.3 Å². The average Bonchev–Trinajstić information content (AvgIpc) is 2.38. The minimum absolute atomic E-state index is 0.364. The molecule has 19 heavy (non-hydrogen) atoms. The van der Waals surface area contributed by atoms with Crippen molar-refractivity contribution in [1.29, 1.82) is 0 Å². The third-order valence-corrected chi connectivity index (χ3v) is 3.55. The van der Waals surface area contributed by atoms with Crippen molar-refractivity contribution in [3.8, 4) is 11.5 Å². The van der Waals surface area contributed by atoms with Gasteiger partial charge in [0.25, 0.3) is 0 Å². The number of halogens is 3. The second-order valence-corrected chi connectivity index (χ2v) is 5.16. The number of hydrogen-bond donors (Lipinski definition) is 0. The third-order valence-electron chi connectivity index (χ3n) is 2.53. The number of aldehydes is 1. The molecule has 2 nitrogen and oxygen atoms in total. The van der Waals surface area contributed by atoms with Crippen molar-refractivity contribution in [2.24, 2.45) is 0 Å². The maximum Gasteiger partial charge on any atom is 0.150 e. The Morgan fingerprint density at radius 1 is 0.947 bits per heavy atom. The maximum absolute atomic E-state index is 10.7. The van der Waals surface area contributed by atoms with Crippen LogP contribution >= 0.6 is 34.8 Å². The first-order valence-corrected chi connectivity index (χ1v) is 6.53. The average molecular weight is 316 g/mol. The van der Waals surface area contributed by atoms with Crippen molar-refractivity contribution in [3.05, 3.63) is 56.5 Å². The highest BCUT2D eigenvalue weighted by molar-refractivity contribution is 6.43. The molecule has 0 radical (unpaired) electrons. The van der Waals surface area contributed by atoms with Crippen molar-refractivity contribution in [2.45, 2.75) is 6.92 Å². The van der Waals surface area contributed by atoms with Crippen LogP contribution in [0.4, 0.5) is 0 Å². The van der Waals surface area contributed by atoms with E-state index in [4.69, 9.17) is 39.5 Å². The van der Waals surface area contributed by atoms with Crippen molar-refractivity contribution >= 4 is 41.1 Å². The fraction of sp³-hybridized carbons (Fsp3) is 0.0714. The third kappa shape index (κ3) is 3.21. The minimum Gasteiger partial charge on any atom is -0.455 e. The summed E-state index contributed by atoms with van der Waals surface area (Å²) < 4.78 is 5.68. The molecule has 0 heterocycles. The monoisotopic (exact) mass is 314 g/mol. The first kappa shape index (κ1) is 14.2. The minimum atomic E-state index is 0.364. The van der Waals surface area contributed by atoms with Crippen LogP contribution in [0.15, 0.2) is 30.3 Å². The molecule has 0 aromatic heterocycles. The van der Waals surface area contributed by atoms with Crippen LogP contribution < -0.4 is 4.74 Å². The summed E-state index contributed by atoms with van der Waals surface area (Å²) in [6.45, 7) is 1.84. The largest absolute Gasteiger partial charge is 0.455 e. The zero-order chi connectivity index (χ0) is 14.0. The smallest absolute Gasteiger partial charge is 0.150 e. The van der Waals surface area contributed by atoms with E-state index in [9.17, 15) is 4.79 Å². The van der Waals surface area contributed by atoms with E-state index < -0.39 is 0 Å². The highest BCUT2D eigenvalue weighted by Crippen LogP contribution is 2.37. The lowest BCUT2D eigenvalue weighted by Gasteiger charge is -2.11. The molecular weight excluding hydrogens is 307 g/mol. The zero-order valence-corrected chi connectivity index (χ0v) is 12.2. The molecule has 0 aliphatic carbocycles. The lowest BCUT2D eigenvalue weighted by atomic mass is 10.1. The van der Waals surface area contributed by atoms with Gasteiger partial charge in [-0.05, 0) is 36.8 Å². The van der Waals surface area contributed by atoms with Gasteiger partial charge >= 0.3 is 0 Å². The summed E-state index contributed by atoms with van der Waals surface area (Å²) in [4.78, 5) is 10.7. The lowest BCUT2D eigenvalue weighted by Crippen LogP contribution is -1.90. The van der Waals surface area contributed by atoms with Crippen molar-refractivity contribution < 1.29 is 9.53 Å². The Kier molecular flexibility index (Phi) is 4.35. The van der Waals surface area contributed by atoms with Gasteiger partial charge in [0.2, 0.25) is 0 Å². The van der Waals surface area contributed by atoms with E-state index in [1.54, 1.807) is 24.3 Å². The first-order valence-electron chi connectivity index (χ1n) is 5.39. The number of rotatable bonds is 3. The van der Waals surface area contributed by atoms with E-state index in [1.807, 2.05) is 6.92 Å². The number of benzene rings is 2. The predicted octanol–water partition coefficient (Wildman–Crippen LogP) is 5.56. The summed E-state index contributed by atoms with van der Waals surface area (Å²) in [5, 5.41) is 1.10. The molecule has 2 rings (SSSR count). The number of carbonyl (C=O) groups is 1. The van der Waals surface area contributed by atoms with E-state index in [0.29, 0.717) is 32.1 Å². The van der Waals surface area contributed by atoms with Gasteiger partial charge in [0, 0.05) is 11.6 Å². The summed E-state index contributed by atoms with van der Waals surface area (Å²) in [5.41, 5.74) is 1.41. The van der Waals surface area contributed by atoms with Crippen LogP contribution in [-0.4, -0.2) is 6.29 Å². The van der Waals surface area contributed by atoms with E-state index in [0.717, 1.165) is 11.8 Å². The van der Waals surface area contributed by atoms with Crippen LogP contribution in [0.1, 0.15) is 15.9 Å². The summed E-state index contributed by atoms with van der Waals surface area (Å²) in [6, 6.07) is 8.18. The molecule has 0 aliphatic rings. The number of hydrogen-bond acceptors (Lipinski definition) is 2. The highest BCUT2D eigenvalue weighted by atomic mass is 35.5. The van der Waals surface area contributed by atoms with Crippen molar-refractivity contribution in [1.82, 2.24) is 0 Å². The Morgan fingerprint density at radius 2 is 1.63 bits per heavy atom. The Bertz CT molecular complexity index is 639. The zero-order valence-electron chi connectivity index (χ0n) is 9.91. The SMILES string of the molecule is Cc1cc(C=O)ccc1Oc1cc(Cl)c(Cl)cc1Cl. The Labute approximate surface area is 125 Å². The molecule has 0 spiro atoms. The first-order chi connectivity index (χ1) is 9.01. The van der Waals surface area contributed by atoms with Crippen LogP contribution in [0.25, 0.3) is 0 Å². The predicted molar refractivity (Wildman–Crippen MR) is 78.1 cm³/mol. The van der Waals surface area contributed by atoms with Crippen LogP contribution in [-0.2, 0) is 0 Å². The quantitative estimate of drug-likeness (QED) is 0.547. The van der Waals surface area contributed by atoms with Crippen LogP contribution in [0.3, 0.4) is 0 Å². The van der Waals surface area contributed by atoms with Crippen LogP contribution in [0.2, 0.25) is 15.1 Å². The summed E-state index contributed by atoms with van der Waals surface area (Å²) in [6.07, 6.45) is 0.781. The van der Waals surface area contributed by atoms with Gasteiger partial charge in [0.1, 0.15) is 17.8 Å². The van der Waals surface area contributed by atoms with Gasteiger partial charge < -0.3 is 4.74 Å². The molecule has 98 valence electrons. The van der Waals surface area contributed by atoms with E-state index in [1.165, 1.54) is 6.07 Å². The van der Waals surface area contributed by atoms with Crippen LogP contribution in [0.5, 0.6) is 11.5 Å². The highest BCUT2D eigenvalue weighted by Gasteiger charge is 2.09. The Morgan fingerprint density at radius 3 is 2.26 bits per heavy atom. The normalized spacial score (nSPS) is 10.3. The van der Waals surface area contributed by atoms with Gasteiger partial charge in [0.05, 0.1) is 15.1 Å². The Balaban J connectivity index is 2.36. The molecule has 0 bridgehead atoms. The molecule has 5 heteroatoms. The standard InChI is InChI=1S/C14H9Cl3O2/c1-8-4-9(7-18)2-3-13(8)19-14-6-11(16)10(15)5-12(14)17/h2-7H,1H3.